The molecule has 1 saturated heterocycles. The third-order valence-corrected chi connectivity index (χ3v) is 4.85. The maximum atomic E-state index is 12.8. The Morgan fingerprint density at radius 2 is 2.04 bits per heavy atom. The number of carbonyl (C=O) groups is 1. The first-order valence-electron chi connectivity index (χ1n) is 8.65. The topological polar surface area (TPSA) is 68.8 Å². The molecule has 1 aliphatic rings. The molecule has 2 aromatic heterocycles. The van der Waals surface area contributed by atoms with Crippen LogP contribution in [0.5, 0.6) is 5.75 Å². The lowest BCUT2D eigenvalue weighted by Crippen LogP contribution is -2.36. The number of ether oxygens (including phenoxy) is 1. The van der Waals surface area contributed by atoms with Crippen molar-refractivity contribution in [1.29, 1.82) is 0 Å². The monoisotopic (exact) mass is 352 g/mol. The second-order valence-corrected chi connectivity index (χ2v) is 6.39. The first kappa shape index (κ1) is 16.4. The molecule has 134 valence electrons. The van der Waals surface area contributed by atoms with E-state index in [-0.39, 0.29) is 24.2 Å². The molecule has 0 spiro atoms. The molecule has 1 atom stereocenters. The molecule has 0 bridgehead atoms. The number of aromatic nitrogens is 3. The molecule has 3 heterocycles. The zero-order chi connectivity index (χ0) is 18.1. The van der Waals surface area contributed by atoms with Crippen LogP contribution >= 0.6 is 0 Å². The molecular formula is C19H20N4O3. The lowest BCUT2D eigenvalue weighted by molar-refractivity contribution is -0.133. The van der Waals surface area contributed by atoms with Gasteiger partial charge in [-0.3, -0.25) is 9.20 Å². The SMILES string of the molecule is COc1ccc(C2CCCN2C(=O)Cn2nc3ccccn3c2=O)cc1. The van der Waals surface area contributed by atoms with Crippen molar-refractivity contribution >= 4 is 11.6 Å². The lowest BCUT2D eigenvalue weighted by atomic mass is 10.0. The van der Waals surface area contributed by atoms with Crippen LogP contribution in [-0.2, 0) is 11.3 Å². The van der Waals surface area contributed by atoms with E-state index >= 15 is 0 Å². The Kier molecular flexibility index (Phi) is 4.20. The van der Waals surface area contributed by atoms with Crippen molar-refractivity contribution in [3.05, 3.63) is 64.7 Å². The highest BCUT2D eigenvalue weighted by Crippen LogP contribution is 2.32. The van der Waals surface area contributed by atoms with Gasteiger partial charge in [0.15, 0.2) is 5.65 Å². The van der Waals surface area contributed by atoms with E-state index in [1.165, 1.54) is 9.08 Å². The average Bonchev–Trinajstić information content (AvgIpc) is 3.28. The normalized spacial score (nSPS) is 17.0. The smallest absolute Gasteiger partial charge is 0.350 e. The number of rotatable bonds is 4. The number of hydrogen-bond acceptors (Lipinski definition) is 4. The fourth-order valence-corrected chi connectivity index (χ4v) is 3.53. The van der Waals surface area contributed by atoms with E-state index in [0.717, 1.165) is 24.2 Å². The number of amides is 1. The van der Waals surface area contributed by atoms with Gasteiger partial charge in [-0.1, -0.05) is 18.2 Å². The second kappa shape index (κ2) is 6.67. The molecular weight excluding hydrogens is 332 g/mol. The van der Waals surface area contributed by atoms with E-state index in [9.17, 15) is 9.59 Å². The number of fused-ring (bicyclic) bond motifs is 1. The van der Waals surface area contributed by atoms with E-state index in [1.807, 2.05) is 35.2 Å². The second-order valence-electron chi connectivity index (χ2n) is 6.39. The van der Waals surface area contributed by atoms with Crippen LogP contribution in [0.4, 0.5) is 0 Å². The first-order valence-corrected chi connectivity index (χ1v) is 8.65. The fraction of sp³-hybridized carbons (Fsp3) is 0.316. The largest absolute Gasteiger partial charge is 0.497 e. The molecule has 1 unspecified atom stereocenters. The summed E-state index contributed by atoms with van der Waals surface area (Å²) in [6, 6.07) is 13.2. The van der Waals surface area contributed by atoms with Crippen LogP contribution < -0.4 is 10.4 Å². The number of pyridine rings is 1. The number of likely N-dealkylation sites (tertiary alicyclic amines) is 1. The van der Waals surface area contributed by atoms with Gasteiger partial charge in [0, 0.05) is 12.7 Å². The Bertz CT molecular complexity index is 990. The first-order chi connectivity index (χ1) is 12.7. The van der Waals surface area contributed by atoms with Gasteiger partial charge in [0.25, 0.3) is 0 Å². The summed E-state index contributed by atoms with van der Waals surface area (Å²) in [6.07, 6.45) is 3.52. The number of hydrogen-bond donors (Lipinski definition) is 0. The van der Waals surface area contributed by atoms with E-state index in [4.69, 9.17) is 4.74 Å². The zero-order valence-electron chi connectivity index (χ0n) is 14.5. The Balaban J connectivity index is 1.56. The van der Waals surface area contributed by atoms with Gasteiger partial charge in [0.2, 0.25) is 5.91 Å². The standard InChI is InChI=1S/C19H20N4O3/c1-26-15-9-7-14(8-10-15)16-5-4-12-21(16)18(24)13-23-19(25)22-11-3-2-6-17(22)20-23/h2-3,6-11,16H,4-5,12-13H2,1H3. The van der Waals surface area contributed by atoms with Crippen LogP contribution in [0.3, 0.4) is 0 Å². The predicted octanol–water partition coefficient (Wildman–Crippen LogP) is 1.87. The van der Waals surface area contributed by atoms with Crippen LogP contribution in [0.25, 0.3) is 5.65 Å². The van der Waals surface area contributed by atoms with Gasteiger partial charge in [-0.15, -0.1) is 5.10 Å². The summed E-state index contributed by atoms with van der Waals surface area (Å²) < 4.78 is 7.88. The Hall–Kier alpha value is -3.09. The lowest BCUT2D eigenvalue weighted by Gasteiger charge is -2.25. The van der Waals surface area contributed by atoms with Crippen LogP contribution in [0.1, 0.15) is 24.4 Å². The molecule has 3 aromatic rings. The quantitative estimate of drug-likeness (QED) is 0.719. The molecule has 4 rings (SSSR count). The highest BCUT2D eigenvalue weighted by molar-refractivity contribution is 5.76. The van der Waals surface area contributed by atoms with Gasteiger partial charge in [-0.05, 0) is 42.7 Å². The molecule has 0 saturated carbocycles. The van der Waals surface area contributed by atoms with Crippen molar-refractivity contribution in [3.63, 3.8) is 0 Å². The molecule has 1 aromatic carbocycles. The summed E-state index contributed by atoms with van der Waals surface area (Å²) in [5.74, 6) is 0.703. The predicted molar refractivity (Wildman–Crippen MR) is 96.1 cm³/mol. The van der Waals surface area contributed by atoms with Gasteiger partial charge in [-0.25, -0.2) is 9.48 Å². The van der Waals surface area contributed by atoms with Crippen molar-refractivity contribution in [2.45, 2.75) is 25.4 Å². The molecule has 0 radical (unpaired) electrons. The molecule has 7 heteroatoms. The number of carbonyl (C=O) groups excluding carboxylic acids is 1. The van der Waals surface area contributed by atoms with Crippen molar-refractivity contribution in [1.82, 2.24) is 19.1 Å². The highest BCUT2D eigenvalue weighted by atomic mass is 16.5. The molecule has 7 nitrogen and oxygen atoms in total. The molecule has 1 aliphatic heterocycles. The molecule has 26 heavy (non-hydrogen) atoms. The van der Waals surface area contributed by atoms with Crippen LogP contribution in [0, 0.1) is 0 Å². The highest BCUT2D eigenvalue weighted by Gasteiger charge is 2.30. The van der Waals surface area contributed by atoms with E-state index in [0.29, 0.717) is 12.2 Å². The maximum Gasteiger partial charge on any atom is 0.350 e. The van der Waals surface area contributed by atoms with E-state index < -0.39 is 0 Å². The molecule has 1 fully saturated rings. The third-order valence-electron chi connectivity index (χ3n) is 4.85. The zero-order valence-corrected chi connectivity index (χ0v) is 14.5. The Morgan fingerprint density at radius 1 is 1.23 bits per heavy atom. The minimum Gasteiger partial charge on any atom is -0.497 e. The van der Waals surface area contributed by atoms with Crippen LogP contribution in [-0.4, -0.2) is 38.6 Å². The summed E-state index contributed by atoms with van der Waals surface area (Å²) in [6.45, 7) is 0.644. The molecule has 0 aliphatic carbocycles. The fourth-order valence-electron chi connectivity index (χ4n) is 3.53. The average molecular weight is 352 g/mol. The minimum atomic E-state index is -0.297. The maximum absolute atomic E-state index is 12.8. The summed E-state index contributed by atoms with van der Waals surface area (Å²) in [5, 5.41) is 4.25. The summed E-state index contributed by atoms with van der Waals surface area (Å²) in [4.78, 5) is 27.1. The number of benzene rings is 1. The number of methoxy groups -OCH3 is 1. The van der Waals surface area contributed by atoms with Crippen LogP contribution in [0.15, 0.2) is 53.5 Å². The molecule has 1 amide bonds. The minimum absolute atomic E-state index is 0.0288. The third kappa shape index (κ3) is 2.85. The van der Waals surface area contributed by atoms with Crippen molar-refractivity contribution < 1.29 is 9.53 Å². The number of nitrogens with zero attached hydrogens (tertiary/aromatic N) is 4. The summed E-state index contributed by atoms with van der Waals surface area (Å²) in [7, 11) is 1.63. The van der Waals surface area contributed by atoms with Gasteiger partial charge in [-0.2, -0.15) is 0 Å². The van der Waals surface area contributed by atoms with Crippen LogP contribution in [0.2, 0.25) is 0 Å². The van der Waals surface area contributed by atoms with E-state index in [1.54, 1.807) is 25.4 Å². The summed E-state index contributed by atoms with van der Waals surface area (Å²) in [5.41, 5.74) is 1.33. The molecule has 0 N–H and O–H groups in total. The van der Waals surface area contributed by atoms with Gasteiger partial charge >= 0.3 is 5.69 Å². The van der Waals surface area contributed by atoms with Crippen molar-refractivity contribution in [2.75, 3.05) is 13.7 Å². The van der Waals surface area contributed by atoms with Crippen molar-refractivity contribution in [3.8, 4) is 5.75 Å². The van der Waals surface area contributed by atoms with E-state index in [2.05, 4.69) is 5.10 Å². The van der Waals surface area contributed by atoms with Gasteiger partial charge < -0.3 is 9.64 Å². The van der Waals surface area contributed by atoms with Gasteiger partial charge in [0.05, 0.1) is 13.2 Å². The Labute approximate surface area is 150 Å². The summed E-state index contributed by atoms with van der Waals surface area (Å²) >= 11 is 0. The van der Waals surface area contributed by atoms with Crippen molar-refractivity contribution in [2.24, 2.45) is 0 Å². The van der Waals surface area contributed by atoms with Gasteiger partial charge in [0.1, 0.15) is 12.3 Å². The Morgan fingerprint density at radius 3 is 2.77 bits per heavy atom.